The first-order chi connectivity index (χ1) is 7.67. The molecule has 0 saturated carbocycles. The molecule has 0 saturated heterocycles. The topological polar surface area (TPSA) is 79.4 Å². The van der Waals surface area contributed by atoms with Crippen LogP contribution in [0.15, 0.2) is 23.3 Å². The zero-order chi connectivity index (χ0) is 11.7. The van der Waals surface area contributed by atoms with E-state index < -0.39 is 0 Å². The fourth-order valence-electron chi connectivity index (χ4n) is 1.46. The van der Waals surface area contributed by atoms with Crippen molar-refractivity contribution < 1.29 is 9.47 Å². The molecular weight excluding hydrogens is 210 g/mol. The molecule has 6 heteroatoms. The molecule has 0 bridgehead atoms. The molecule has 0 unspecified atom stereocenters. The van der Waals surface area contributed by atoms with E-state index in [0.717, 1.165) is 4.68 Å². The van der Waals surface area contributed by atoms with Crippen molar-refractivity contribution in [1.82, 2.24) is 9.66 Å². The summed E-state index contributed by atoms with van der Waals surface area (Å²) in [5, 5.41) is 0.391. The summed E-state index contributed by atoms with van der Waals surface area (Å²) in [6.45, 7) is 0. The summed E-state index contributed by atoms with van der Waals surface area (Å²) >= 11 is 0. The number of hydrogen-bond acceptors (Lipinski definition) is 5. The zero-order valence-corrected chi connectivity index (χ0v) is 8.93. The summed E-state index contributed by atoms with van der Waals surface area (Å²) in [5.74, 6) is 6.41. The Bertz CT molecular complexity index is 592. The Labute approximate surface area is 91.2 Å². The molecule has 1 heterocycles. The van der Waals surface area contributed by atoms with Crippen LogP contribution in [-0.4, -0.2) is 23.9 Å². The maximum absolute atomic E-state index is 11.7. The lowest BCUT2D eigenvalue weighted by Gasteiger charge is -2.08. The van der Waals surface area contributed by atoms with E-state index >= 15 is 0 Å². The third-order valence-corrected chi connectivity index (χ3v) is 2.29. The lowest BCUT2D eigenvalue weighted by atomic mass is 10.2. The number of nitrogens with two attached hydrogens (primary N) is 1. The minimum atomic E-state index is -0.328. The Balaban J connectivity index is 2.84. The van der Waals surface area contributed by atoms with E-state index in [1.54, 1.807) is 12.1 Å². The Hall–Kier alpha value is -2.24. The molecule has 0 aliphatic carbocycles. The molecule has 0 fully saturated rings. The summed E-state index contributed by atoms with van der Waals surface area (Å²) in [4.78, 5) is 15.7. The highest BCUT2D eigenvalue weighted by molar-refractivity contribution is 5.81. The molecule has 0 amide bonds. The average molecular weight is 221 g/mol. The van der Waals surface area contributed by atoms with Gasteiger partial charge in [0.25, 0.3) is 5.56 Å². The minimum absolute atomic E-state index is 0.328. The maximum Gasteiger partial charge on any atom is 0.279 e. The third-order valence-electron chi connectivity index (χ3n) is 2.29. The van der Waals surface area contributed by atoms with Crippen LogP contribution >= 0.6 is 0 Å². The molecule has 1 aromatic carbocycles. The van der Waals surface area contributed by atoms with E-state index in [-0.39, 0.29) is 5.56 Å². The first-order valence-electron chi connectivity index (χ1n) is 4.56. The Kier molecular flexibility index (Phi) is 2.40. The minimum Gasteiger partial charge on any atom is -0.493 e. The number of ether oxygens (including phenoxy) is 2. The smallest absolute Gasteiger partial charge is 0.279 e. The van der Waals surface area contributed by atoms with Gasteiger partial charge in [-0.15, -0.1) is 0 Å². The van der Waals surface area contributed by atoms with Gasteiger partial charge >= 0.3 is 0 Å². The average Bonchev–Trinajstić information content (AvgIpc) is 2.32. The third kappa shape index (κ3) is 1.44. The van der Waals surface area contributed by atoms with Crippen LogP contribution in [0.3, 0.4) is 0 Å². The van der Waals surface area contributed by atoms with Gasteiger partial charge in [-0.05, 0) is 6.07 Å². The molecule has 84 valence electrons. The summed E-state index contributed by atoms with van der Waals surface area (Å²) in [7, 11) is 3.02. The van der Waals surface area contributed by atoms with Gasteiger partial charge in [-0.25, -0.2) is 9.66 Å². The van der Waals surface area contributed by atoms with Crippen molar-refractivity contribution in [2.24, 2.45) is 0 Å². The fourth-order valence-corrected chi connectivity index (χ4v) is 1.46. The van der Waals surface area contributed by atoms with Crippen LogP contribution in [-0.2, 0) is 0 Å². The van der Waals surface area contributed by atoms with E-state index in [2.05, 4.69) is 4.98 Å². The Morgan fingerprint density at radius 3 is 2.50 bits per heavy atom. The molecule has 0 aliphatic heterocycles. The van der Waals surface area contributed by atoms with Crippen LogP contribution < -0.4 is 20.9 Å². The first kappa shape index (κ1) is 10.3. The second kappa shape index (κ2) is 3.73. The molecule has 2 aromatic rings. The van der Waals surface area contributed by atoms with E-state index in [0.29, 0.717) is 22.4 Å². The van der Waals surface area contributed by atoms with Crippen LogP contribution in [0.5, 0.6) is 11.5 Å². The summed E-state index contributed by atoms with van der Waals surface area (Å²) < 4.78 is 11.1. The number of nitrogen functional groups attached to an aromatic ring is 1. The number of rotatable bonds is 2. The van der Waals surface area contributed by atoms with E-state index in [1.807, 2.05) is 0 Å². The number of methoxy groups -OCH3 is 2. The van der Waals surface area contributed by atoms with Gasteiger partial charge in [-0.3, -0.25) is 4.79 Å². The number of aromatic nitrogens is 2. The molecule has 0 atom stereocenters. The van der Waals surface area contributed by atoms with E-state index in [4.69, 9.17) is 15.3 Å². The summed E-state index contributed by atoms with van der Waals surface area (Å²) in [6.07, 6.45) is 1.26. The first-order valence-corrected chi connectivity index (χ1v) is 4.56. The van der Waals surface area contributed by atoms with Crippen molar-refractivity contribution in [1.29, 1.82) is 0 Å². The second-order valence-electron chi connectivity index (χ2n) is 3.18. The van der Waals surface area contributed by atoms with Gasteiger partial charge in [-0.2, -0.15) is 0 Å². The molecule has 16 heavy (non-hydrogen) atoms. The van der Waals surface area contributed by atoms with Gasteiger partial charge in [0, 0.05) is 6.07 Å². The van der Waals surface area contributed by atoms with E-state index in [1.165, 1.54) is 20.5 Å². The molecular formula is C10H11N3O3. The number of nitrogens with zero attached hydrogens (tertiary/aromatic N) is 2. The van der Waals surface area contributed by atoms with Gasteiger partial charge in [-0.1, -0.05) is 0 Å². The predicted octanol–water partition coefficient (Wildman–Crippen LogP) is 0.127. The molecule has 0 aliphatic rings. The normalized spacial score (nSPS) is 10.4. The Morgan fingerprint density at radius 2 is 1.88 bits per heavy atom. The van der Waals surface area contributed by atoms with E-state index in [9.17, 15) is 4.79 Å². The van der Waals surface area contributed by atoms with Gasteiger partial charge in [0.1, 0.15) is 6.33 Å². The number of hydrogen-bond donors (Lipinski definition) is 1. The fraction of sp³-hybridized carbons (Fsp3) is 0.200. The van der Waals surface area contributed by atoms with Gasteiger partial charge in [0.05, 0.1) is 25.1 Å². The predicted molar refractivity (Wildman–Crippen MR) is 59.3 cm³/mol. The molecule has 6 nitrogen and oxygen atoms in total. The molecule has 1 aromatic heterocycles. The van der Waals surface area contributed by atoms with Crippen molar-refractivity contribution in [3.8, 4) is 11.5 Å². The monoisotopic (exact) mass is 221 g/mol. The summed E-state index contributed by atoms with van der Waals surface area (Å²) in [5.41, 5.74) is 0.190. The number of benzene rings is 1. The highest BCUT2D eigenvalue weighted by atomic mass is 16.5. The van der Waals surface area contributed by atoms with Gasteiger partial charge < -0.3 is 15.3 Å². The molecule has 2 rings (SSSR count). The van der Waals surface area contributed by atoms with Crippen molar-refractivity contribution >= 4 is 10.9 Å². The molecule has 2 N–H and O–H groups in total. The SMILES string of the molecule is COc1cc2ncn(N)c(=O)c2cc1OC. The lowest BCUT2D eigenvalue weighted by molar-refractivity contribution is 0.355. The lowest BCUT2D eigenvalue weighted by Crippen LogP contribution is -2.27. The maximum atomic E-state index is 11.7. The van der Waals surface area contributed by atoms with Crippen molar-refractivity contribution in [3.63, 3.8) is 0 Å². The largest absolute Gasteiger partial charge is 0.493 e. The van der Waals surface area contributed by atoms with Crippen LogP contribution in [0.1, 0.15) is 0 Å². The standard InChI is InChI=1S/C10H11N3O3/c1-15-8-3-6-7(4-9(8)16-2)12-5-13(11)10(6)14/h3-5H,11H2,1-2H3. The van der Waals surface area contributed by atoms with Crippen molar-refractivity contribution in [2.75, 3.05) is 20.1 Å². The zero-order valence-electron chi connectivity index (χ0n) is 8.93. The number of fused-ring (bicyclic) bond motifs is 1. The highest BCUT2D eigenvalue weighted by Gasteiger charge is 2.09. The Morgan fingerprint density at radius 1 is 1.25 bits per heavy atom. The highest BCUT2D eigenvalue weighted by Crippen LogP contribution is 2.29. The van der Waals surface area contributed by atoms with Crippen molar-refractivity contribution in [2.45, 2.75) is 0 Å². The van der Waals surface area contributed by atoms with Crippen LogP contribution in [0, 0.1) is 0 Å². The summed E-state index contributed by atoms with van der Waals surface area (Å²) in [6, 6.07) is 3.20. The van der Waals surface area contributed by atoms with Crippen LogP contribution in [0.25, 0.3) is 10.9 Å². The van der Waals surface area contributed by atoms with Crippen LogP contribution in [0.2, 0.25) is 0 Å². The molecule has 0 radical (unpaired) electrons. The quantitative estimate of drug-likeness (QED) is 0.729. The van der Waals surface area contributed by atoms with Crippen molar-refractivity contribution in [3.05, 3.63) is 28.8 Å². The molecule has 0 spiro atoms. The van der Waals surface area contributed by atoms with Crippen LogP contribution in [0.4, 0.5) is 0 Å². The van der Waals surface area contributed by atoms with Gasteiger partial charge in [0.15, 0.2) is 11.5 Å². The second-order valence-corrected chi connectivity index (χ2v) is 3.18. The van der Waals surface area contributed by atoms with Gasteiger partial charge in [0.2, 0.25) is 0 Å².